The van der Waals surface area contributed by atoms with E-state index in [2.05, 4.69) is 4.99 Å². The first-order valence-electron chi connectivity index (χ1n) is 4.16. The average Bonchev–Trinajstić information content (AvgIpc) is 2.28. The Labute approximate surface area is 86.3 Å². The fraction of sp³-hybridized carbons (Fsp3) is 0.300. The molecule has 0 saturated carbocycles. The Kier molecular flexibility index (Phi) is 3.83. The standard InChI is InChI=1S/C10H10FNO3/c1-14-8-5-3-4-7(9(8)15-2)10(11)12-6-13/h3-5,10H,1-2H3. The number of ether oxygens (including phenoxy) is 2. The van der Waals surface area contributed by atoms with Crippen molar-refractivity contribution in [1.82, 2.24) is 0 Å². The molecule has 0 saturated heterocycles. The van der Waals surface area contributed by atoms with Crippen molar-refractivity contribution in [2.45, 2.75) is 6.30 Å². The summed E-state index contributed by atoms with van der Waals surface area (Å²) >= 11 is 0. The predicted octanol–water partition coefficient (Wildman–Crippen LogP) is 2.01. The molecule has 1 rings (SSSR count). The average molecular weight is 211 g/mol. The number of isocyanates is 1. The molecule has 1 aromatic carbocycles. The number of carbonyl (C=O) groups excluding carboxylic acids is 1. The molecule has 0 bridgehead atoms. The smallest absolute Gasteiger partial charge is 0.238 e. The van der Waals surface area contributed by atoms with E-state index in [0.717, 1.165) is 6.08 Å². The molecular weight excluding hydrogens is 201 g/mol. The number of para-hydroxylation sites is 1. The summed E-state index contributed by atoms with van der Waals surface area (Å²) in [4.78, 5) is 12.9. The van der Waals surface area contributed by atoms with Crippen LogP contribution in [0, 0.1) is 0 Å². The van der Waals surface area contributed by atoms with E-state index in [9.17, 15) is 9.18 Å². The number of benzene rings is 1. The highest BCUT2D eigenvalue weighted by atomic mass is 19.1. The second-order valence-corrected chi connectivity index (χ2v) is 2.64. The van der Waals surface area contributed by atoms with Crippen molar-refractivity contribution in [3.63, 3.8) is 0 Å². The maximum absolute atomic E-state index is 13.3. The SMILES string of the molecule is COc1cccc(C(F)N=C=O)c1OC. The predicted molar refractivity (Wildman–Crippen MR) is 51.5 cm³/mol. The molecule has 0 aromatic heterocycles. The molecule has 0 fully saturated rings. The van der Waals surface area contributed by atoms with E-state index in [1.165, 1.54) is 20.3 Å². The molecular formula is C10H10FNO3. The molecule has 0 N–H and O–H groups in total. The normalized spacial score (nSPS) is 11.4. The van der Waals surface area contributed by atoms with E-state index in [4.69, 9.17) is 9.47 Å². The van der Waals surface area contributed by atoms with Crippen LogP contribution < -0.4 is 9.47 Å². The summed E-state index contributed by atoms with van der Waals surface area (Å²) in [5.74, 6) is 0.616. The second kappa shape index (κ2) is 5.12. The number of halogens is 1. The van der Waals surface area contributed by atoms with Crippen LogP contribution in [0.25, 0.3) is 0 Å². The fourth-order valence-corrected chi connectivity index (χ4v) is 1.22. The van der Waals surface area contributed by atoms with Crippen molar-refractivity contribution in [3.8, 4) is 11.5 Å². The van der Waals surface area contributed by atoms with Crippen molar-refractivity contribution in [2.24, 2.45) is 4.99 Å². The summed E-state index contributed by atoms with van der Waals surface area (Å²) in [5, 5.41) is 0. The molecule has 0 spiro atoms. The largest absolute Gasteiger partial charge is 0.493 e. The molecule has 0 heterocycles. The number of nitrogens with zero attached hydrogens (tertiary/aromatic N) is 1. The molecule has 5 heteroatoms. The van der Waals surface area contributed by atoms with Crippen LogP contribution in [-0.2, 0) is 4.79 Å². The minimum Gasteiger partial charge on any atom is -0.493 e. The van der Waals surface area contributed by atoms with E-state index in [0.29, 0.717) is 5.75 Å². The van der Waals surface area contributed by atoms with E-state index >= 15 is 0 Å². The lowest BCUT2D eigenvalue weighted by Crippen LogP contribution is -1.97. The van der Waals surface area contributed by atoms with Crippen LogP contribution in [0.3, 0.4) is 0 Å². The highest BCUT2D eigenvalue weighted by Crippen LogP contribution is 2.36. The van der Waals surface area contributed by atoms with Crippen molar-refractivity contribution < 1.29 is 18.7 Å². The van der Waals surface area contributed by atoms with Crippen LogP contribution >= 0.6 is 0 Å². The first-order chi connectivity index (χ1) is 7.24. The fourth-order valence-electron chi connectivity index (χ4n) is 1.22. The zero-order chi connectivity index (χ0) is 11.3. The number of hydrogen-bond acceptors (Lipinski definition) is 4. The summed E-state index contributed by atoms with van der Waals surface area (Å²) in [6.45, 7) is 0. The van der Waals surface area contributed by atoms with E-state index in [-0.39, 0.29) is 11.3 Å². The third-order valence-corrected chi connectivity index (χ3v) is 1.86. The maximum atomic E-state index is 13.3. The van der Waals surface area contributed by atoms with Crippen molar-refractivity contribution >= 4 is 6.08 Å². The number of alkyl halides is 1. The summed E-state index contributed by atoms with van der Waals surface area (Å²) in [6, 6.07) is 4.68. The Bertz CT molecular complexity index is 388. The van der Waals surface area contributed by atoms with Gasteiger partial charge in [-0.15, -0.1) is 0 Å². The number of methoxy groups -OCH3 is 2. The van der Waals surface area contributed by atoms with Crippen LogP contribution in [0.1, 0.15) is 11.9 Å². The highest BCUT2D eigenvalue weighted by Gasteiger charge is 2.17. The quantitative estimate of drug-likeness (QED) is 0.435. The summed E-state index contributed by atoms with van der Waals surface area (Å²) in [5.41, 5.74) is 0.139. The number of aliphatic imine (C=N–C) groups is 1. The Balaban J connectivity index is 3.21. The minimum atomic E-state index is -1.78. The molecule has 0 aliphatic rings. The molecule has 80 valence electrons. The first-order valence-corrected chi connectivity index (χ1v) is 4.16. The first kappa shape index (κ1) is 11.2. The number of rotatable bonds is 4. The zero-order valence-electron chi connectivity index (χ0n) is 8.36. The molecule has 0 aliphatic heterocycles. The third kappa shape index (κ3) is 2.33. The third-order valence-electron chi connectivity index (χ3n) is 1.86. The van der Waals surface area contributed by atoms with Gasteiger partial charge in [-0.3, -0.25) is 0 Å². The molecule has 0 aliphatic carbocycles. The van der Waals surface area contributed by atoms with Gasteiger partial charge in [0.15, 0.2) is 11.5 Å². The summed E-state index contributed by atoms with van der Waals surface area (Å²) < 4.78 is 23.3. The van der Waals surface area contributed by atoms with Gasteiger partial charge in [0.05, 0.1) is 19.8 Å². The molecule has 4 nitrogen and oxygen atoms in total. The molecule has 1 unspecified atom stereocenters. The molecule has 1 aromatic rings. The zero-order valence-corrected chi connectivity index (χ0v) is 8.36. The van der Waals surface area contributed by atoms with Crippen LogP contribution in [0.15, 0.2) is 23.2 Å². The van der Waals surface area contributed by atoms with Gasteiger partial charge < -0.3 is 9.47 Å². The van der Waals surface area contributed by atoms with Crippen molar-refractivity contribution in [2.75, 3.05) is 14.2 Å². The van der Waals surface area contributed by atoms with Crippen LogP contribution in [0.5, 0.6) is 11.5 Å². The Morgan fingerprint density at radius 2 is 2.13 bits per heavy atom. The van der Waals surface area contributed by atoms with Gasteiger partial charge in [0.1, 0.15) is 0 Å². The Morgan fingerprint density at radius 3 is 2.67 bits per heavy atom. The van der Waals surface area contributed by atoms with Crippen LogP contribution in [-0.4, -0.2) is 20.3 Å². The molecule has 1 atom stereocenters. The Hall–Kier alpha value is -1.87. The van der Waals surface area contributed by atoms with E-state index < -0.39 is 6.30 Å². The monoisotopic (exact) mass is 211 g/mol. The number of hydrogen-bond donors (Lipinski definition) is 0. The van der Waals surface area contributed by atoms with E-state index in [1.807, 2.05) is 0 Å². The van der Waals surface area contributed by atoms with E-state index in [1.54, 1.807) is 12.1 Å². The maximum Gasteiger partial charge on any atom is 0.238 e. The van der Waals surface area contributed by atoms with Crippen molar-refractivity contribution in [1.29, 1.82) is 0 Å². The second-order valence-electron chi connectivity index (χ2n) is 2.64. The summed E-state index contributed by atoms with van der Waals surface area (Å²) in [6.07, 6.45) is -0.626. The molecule has 15 heavy (non-hydrogen) atoms. The lowest BCUT2D eigenvalue weighted by atomic mass is 10.1. The summed E-state index contributed by atoms with van der Waals surface area (Å²) in [7, 11) is 2.83. The van der Waals surface area contributed by atoms with Gasteiger partial charge in [0, 0.05) is 0 Å². The Morgan fingerprint density at radius 1 is 1.40 bits per heavy atom. The van der Waals surface area contributed by atoms with Gasteiger partial charge in [-0.2, -0.15) is 4.99 Å². The van der Waals surface area contributed by atoms with Gasteiger partial charge in [0.25, 0.3) is 0 Å². The topological polar surface area (TPSA) is 47.9 Å². The van der Waals surface area contributed by atoms with Crippen molar-refractivity contribution in [3.05, 3.63) is 23.8 Å². The minimum absolute atomic E-state index is 0.139. The van der Waals surface area contributed by atoms with Crippen LogP contribution in [0.2, 0.25) is 0 Å². The van der Waals surface area contributed by atoms with Gasteiger partial charge in [-0.05, 0) is 6.07 Å². The highest BCUT2D eigenvalue weighted by molar-refractivity contribution is 5.48. The lowest BCUT2D eigenvalue weighted by molar-refractivity contribution is 0.317. The van der Waals surface area contributed by atoms with Gasteiger partial charge in [0.2, 0.25) is 12.4 Å². The van der Waals surface area contributed by atoms with Gasteiger partial charge in [-0.1, -0.05) is 12.1 Å². The van der Waals surface area contributed by atoms with Crippen LogP contribution in [0.4, 0.5) is 4.39 Å². The van der Waals surface area contributed by atoms with Gasteiger partial charge in [-0.25, -0.2) is 9.18 Å². The lowest BCUT2D eigenvalue weighted by Gasteiger charge is -2.12. The molecule has 0 radical (unpaired) electrons. The van der Waals surface area contributed by atoms with Gasteiger partial charge >= 0.3 is 0 Å². The molecule has 0 amide bonds.